The van der Waals surface area contributed by atoms with Gasteiger partial charge < -0.3 is 11.1 Å². The van der Waals surface area contributed by atoms with Gasteiger partial charge in [0.1, 0.15) is 11.6 Å². The first-order valence-corrected chi connectivity index (χ1v) is 5.80. The number of nitrogens with one attached hydrogen (secondary N) is 1. The maximum absolute atomic E-state index is 13.1. The van der Waals surface area contributed by atoms with Crippen molar-refractivity contribution < 1.29 is 4.39 Å². The summed E-state index contributed by atoms with van der Waals surface area (Å²) < 4.78 is 13.1. The minimum atomic E-state index is -0.244. The highest BCUT2D eigenvalue weighted by Gasteiger charge is 2.09. The number of rotatable bonds is 3. The zero-order chi connectivity index (χ0) is 13.1. The van der Waals surface area contributed by atoms with Crippen LogP contribution < -0.4 is 11.1 Å². The van der Waals surface area contributed by atoms with Gasteiger partial charge >= 0.3 is 0 Å². The lowest BCUT2D eigenvalue weighted by atomic mass is 10.1. The Morgan fingerprint density at radius 2 is 2.11 bits per heavy atom. The molecule has 1 atom stereocenters. The number of hydrogen-bond acceptors (Lipinski definition) is 3. The minimum absolute atomic E-state index is 0.0572. The van der Waals surface area contributed by atoms with Crippen LogP contribution in [0.3, 0.4) is 0 Å². The quantitative estimate of drug-likeness (QED) is 0.872. The zero-order valence-corrected chi connectivity index (χ0v) is 10.4. The Hall–Kier alpha value is -2.10. The molecule has 0 aliphatic rings. The summed E-state index contributed by atoms with van der Waals surface area (Å²) in [5.41, 5.74) is 8.34. The Balaban J connectivity index is 2.18. The lowest BCUT2D eigenvalue weighted by molar-refractivity contribution is 0.623. The highest BCUT2D eigenvalue weighted by atomic mass is 19.1. The van der Waals surface area contributed by atoms with Gasteiger partial charge in [-0.25, -0.2) is 9.37 Å². The van der Waals surface area contributed by atoms with Crippen LogP contribution in [0, 0.1) is 12.7 Å². The van der Waals surface area contributed by atoms with E-state index >= 15 is 0 Å². The van der Waals surface area contributed by atoms with Crippen molar-refractivity contribution in [2.75, 3.05) is 11.1 Å². The van der Waals surface area contributed by atoms with Gasteiger partial charge in [0.05, 0.1) is 11.7 Å². The van der Waals surface area contributed by atoms with Crippen LogP contribution in [0.15, 0.2) is 36.5 Å². The number of nitrogens with two attached hydrogens (primary N) is 1. The molecule has 0 saturated heterocycles. The van der Waals surface area contributed by atoms with E-state index in [4.69, 9.17) is 5.73 Å². The highest BCUT2D eigenvalue weighted by Crippen LogP contribution is 2.22. The van der Waals surface area contributed by atoms with Crippen molar-refractivity contribution in [2.24, 2.45) is 0 Å². The van der Waals surface area contributed by atoms with Gasteiger partial charge in [-0.2, -0.15) is 0 Å². The van der Waals surface area contributed by atoms with Crippen LogP contribution in [0.5, 0.6) is 0 Å². The Kier molecular flexibility index (Phi) is 3.46. The van der Waals surface area contributed by atoms with E-state index in [1.807, 2.05) is 26.0 Å². The van der Waals surface area contributed by atoms with Crippen molar-refractivity contribution >= 4 is 11.5 Å². The lowest BCUT2D eigenvalue weighted by Crippen LogP contribution is -2.10. The standard InChI is InChI=1S/C14H16FN3/c1-9-6-13(16)14(17-8-9)18-10(2)11-4-3-5-12(15)7-11/h3-8,10H,16H2,1-2H3,(H,17,18). The van der Waals surface area contributed by atoms with Gasteiger partial charge in [0.15, 0.2) is 0 Å². The predicted octanol–water partition coefficient (Wildman–Crippen LogP) is 3.28. The number of pyridine rings is 1. The average molecular weight is 245 g/mol. The molecule has 2 aromatic rings. The topological polar surface area (TPSA) is 50.9 Å². The first kappa shape index (κ1) is 12.4. The smallest absolute Gasteiger partial charge is 0.149 e. The molecule has 1 heterocycles. The highest BCUT2D eigenvalue weighted by molar-refractivity contribution is 5.62. The van der Waals surface area contributed by atoms with Crippen LogP contribution in [0.2, 0.25) is 0 Å². The van der Waals surface area contributed by atoms with Crippen LogP contribution in [0.1, 0.15) is 24.1 Å². The molecule has 2 rings (SSSR count). The first-order valence-electron chi connectivity index (χ1n) is 5.80. The summed E-state index contributed by atoms with van der Waals surface area (Å²) in [4.78, 5) is 4.24. The number of halogens is 1. The molecule has 3 N–H and O–H groups in total. The molecular weight excluding hydrogens is 229 g/mol. The summed E-state index contributed by atoms with van der Waals surface area (Å²) in [6.45, 7) is 3.87. The van der Waals surface area contributed by atoms with E-state index in [9.17, 15) is 4.39 Å². The van der Waals surface area contributed by atoms with E-state index < -0.39 is 0 Å². The van der Waals surface area contributed by atoms with E-state index in [1.54, 1.807) is 12.3 Å². The molecule has 0 saturated carbocycles. The Labute approximate surface area is 106 Å². The third-order valence-electron chi connectivity index (χ3n) is 2.76. The van der Waals surface area contributed by atoms with Crippen molar-refractivity contribution in [3.05, 3.63) is 53.5 Å². The minimum Gasteiger partial charge on any atom is -0.396 e. The van der Waals surface area contributed by atoms with Gasteiger partial charge in [0.25, 0.3) is 0 Å². The number of nitrogens with zero attached hydrogens (tertiary/aromatic N) is 1. The lowest BCUT2D eigenvalue weighted by Gasteiger charge is -2.16. The number of hydrogen-bond donors (Lipinski definition) is 2. The second kappa shape index (κ2) is 5.04. The molecular formula is C14H16FN3. The normalized spacial score (nSPS) is 12.2. The van der Waals surface area contributed by atoms with E-state index in [2.05, 4.69) is 10.3 Å². The van der Waals surface area contributed by atoms with Crippen LogP contribution >= 0.6 is 0 Å². The molecule has 4 heteroatoms. The average Bonchev–Trinajstić information content (AvgIpc) is 2.32. The van der Waals surface area contributed by atoms with Gasteiger partial charge in [-0.3, -0.25) is 0 Å². The third kappa shape index (κ3) is 2.77. The SMILES string of the molecule is Cc1cnc(NC(C)c2cccc(F)c2)c(N)c1. The first-order chi connectivity index (χ1) is 8.56. The molecule has 0 bridgehead atoms. The van der Waals surface area contributed by atoms with Crippen molar-refractivity contribution in [1.82, 2.24) is 4.98 Å². The number of aryl methyl sites for hydroxylation is 1. The Morgan fingerprint density at radius 1 is 1.33 bits per heavy atom. The van der Waals surface area contributed by atoms with Gasteiger partial charge in [0.2, 0.25) is 0 Å². The van der Waals surface area contributed by atoms with Crippen molar-refractivity contribution in [1.29, 1.82) is 0 Å². The third-order valence-corrected chi connectivity index (χ3v) is 2.76. The Morgan fingerprint density at radius 3 is 2.78 bits per heavy atom. The molecule has 0 amide bonds. The van der Waals surface area contributed by atoms with Crippen molar-refractivity contribution in [3.63, 3.8) is 0 Å². The second-order valence-electron chi connectivity index (χ2n) is 4.37. The van der Waals surface area contributed by atoms with Gasteiger partial charge in [-0.05, 0) is 43.2 Å². The fourth-order valence-electron chi connectivity index (χ4n) is 1.78. The van der Waals surface area contributed by atoms with Gasteiger partial charge in [-0.1, -0.05) is 12.1 Å². The monoisotopic (exact) mass is 245 g/mol. The van der Waals surface area contributed by atoms with Crippen molar-refractivity contribution in [3.8, 4) is 0 Å². The zero-order valence-electron chi connectivity index (χ0n) is 10.4. The predicted molar refractivity (Wildman–Crippen MR) is 71.8 cm³/mol. The van der Waals surface area contributed by atoms with Crippen LogP contribution in [0.25, 0.3) is 0 Å². The van der Waals surface area contributed by atoms with E-state index in [0.29, 0.717) is 11.5 Å². The summed E-state index contributed by atoms with van der Waals surface area (Å²) in [5.74, 6) is 0.378. The summed E-state index contributed by atoms with van der Waals surface area (Å²) in [5, 5.41) is 3.18. The number of benzene rings is 1. The Bertz CT molecular complexity index is 554. The van der Waals surface area contributed by atoms with Crippen LogP contribution in [-0.4, -0.2) is 4.98 Å². The summed E-state index contributed by atoms with van der Waals surface area (Å²) in [6.07, 6.45) is 1.75. The fraction of sp³-hybridized carbons (Fsp3) is 0.214. The maximum atomic E-state index is 13.1. The van der Waals surface area contributed by atoms with Crippen LogP contribution in [0.4, 0.5) is 15.9 Å². The molecule has 1 aromatic carbocycles. The molecule has 1 unspecified atom stereocenters. The summed E-state index contributed by atoms with van der Waals surface area (Å²) in [7, 11) is 0. The molecule has 0 fully saturated rings. The summed E-state index contributed by atoms with van der Waals surface area (Å²) >= 11 is 0. The van der Waals surface area contributed by atoms with Crippen LogP contribution in [-0.2, 0) is 0 Å². The van der Waals surface area contributed by atoms with E-state index in [0.717, 1.165) is 11.1 Å². The molecule has 3 nitrogen and oxygen atoms in total. The second-order valence-corrected chi connectivity index (χ2v) is 4.37. The molecule has 1 aromatic heterocycles. The molecule has 0 spiro atoms. The maximum Gasteiger partial charge on any atom is 0.149 e. The number of nitrogen functional groups attached to an aromatic ring is 1. The van der Waals surface area contributed by atoms with Gasteiger partial charge in [0, 0.05) is 6.20 Å². The summed E-state index contributed by atoms with van der Waals surface area (Å²) in [6, 6.07) is 8.28. The fourth-order valence-corrected chi connectivity index (χ4v) is 1.78. The molecule has 94 valence electrons. The van der Waals surface area contributed by atoms with Crippen molar-refractivity contribution in [2.45, 2.75) is 19.9 Å². The molecule has 18 heavy (non-hydrogen) atoms. The number of aromatic nitrogens is 1. The molecule has 0 radical (unpaired) electrons. The van der Waals surface area contributed by atoms with E-state index in [-0.39, 0.29) is 11.9 Å². The van der Waals surface area contributed by atoms with Gasteiger partial charge in [-0.15, -0.1) is 0 Å². The number of anilines is 2. The molecule has 0 aliphatic carbocycles. The largest absolute Gasteiger partial charge is 0.396 e. The van der Waals surface area contributed by atoms with E-state index in [1.165, 1.54) is 12.1 Å². The molecule has 0 aliphatic heterocycles.